The molecule has 3 rings (SSSR count). The van der Waals surface area contributed by atoms with Crippen LogP contribution in [0.2, 0.25) is 0 Å². The van der Waals surface area contributed by atoms with Gasteiger partial charge in [-0.2, -0.15) is 0 Å². The first-order valence-electron chi connectivity index (χ1n) is 8.25. The second kappa shape index (κ2) is 7.88. The minimum atomic E-state index is -0.685. The summed E-state index contributed by atoms with van der Waals surface area (Å²) in [6.45, 7) is 1.74. The fourth-order valence-electron chi connectivity index (χ4n) is 2.99. The van der Waals surface area contributed by atoms with Crippen LogP contribution in [0.5, 0.6) is 0 Å². The number of carbonyl (C=O) groups is 1. The van der Waals surface area contributed by atoms with E-state index in [1.807, 2.05) is 30.3 Å². The first-order valence-corrected chi connectivity index (χ1v) is 8.25. The highest BCUT2D eigenvalue weighted by Crippen LogP contribution is 2.21. The Bertz CT molecular complexity index is 651. The highest BCUT2D eigenvalue weighted by atomic mass is 16.3. The number of aliphatic hydroxyl groups excluding tert-OH is 1. The van der Waals surface area contributed by atoms with Crippen molar-refractivity contribution in [3.63, 3.8) is 0 Å². The molecule has 1 aromatic carbocycles. The van der Waals surface area contributed by atoms with Gasteiger partial charge in [0.05, 0.1) is 18.2 Å². The van der Waals surface area contributed by atoms with Crippen molar-refractivity contribution in [1.82, 2.24) is 15.3 Å². The summed E-state index contributed by atoms with van der Waals surface area (Å²) in [5.74, 6) is 0.696. The molecular weight excluding hydrogens is 304 g/mol. The Labute approximate surface area is 141 Å². The molecule has 1 fully saturated rings. The van der Waals surface area contributed by atoms with Gasteiger partial charge < -0.3 is 15.3 Å². The Balaban J connectivity index is 1.53. The van der Waals surface area contributed by atoms with Crippen LogP contribution in [0.3, 0.4) is 0 Å². The molecule has 0 aliphatic carbocycles. The van der Waals surface area contributed by atoms with Crippen LogP contribution in [0.25, 0.3) is 0 Å². The van der Waals surface area contributed by atoms with Gasteiger partial charge in [0, 0.05) is 32.0 Å². The van der Waals surface area contributed by atoms with Crippen molar-refractivity contribution in [1.29, 1.82) is 0 Å². The smallest absolute Gasteiger partial charge is 0.225 e. The van der Waals surface area contributed by atoms with Crippen molar-refractivity contribution < 1.29 is 9.90 Å². The van der Waals surface area contributed by atoms with Crippen LogP contribution < -0.4 is 10.2 Å². The van der Waals surface area contributed by atoms with Crippen molar-refractivity contribution in [3.05, 3.63) is 54.5 Å². The van der Waals surface area contributed by atoms with Crippen LogP contribution in [-0.2, 0) is 4.79 Å². The zero-order valence-electron chi connectivity index (χ0n) is 13.5. The lowest BCUT2D eigenvalue weighted by Gasteiger charge is -2.32. The van der Waals surface area contributed by atoms with Gasteiger partial charge in [-0.25, -0.2) is 4.98 Å². The third-order valence-electron chi connectivity index (χ3n) is 4.32. The number of amides is 1. The molecule has 1 aliphatic rings. The van der Waals surface area contributed by atoms with Crippen LogP contribution in [0.1, 0.15) is 24.5 Å². The molecule has 0 spiro atoms. The summed E-state index contributed by atoms with van der Waals surface area (Å²) < 4.78 is 0. The Hall–Kier alpha value is -2.47. The van der Waals surface area contributed by atoms with Crippen LogP contribution in [0.4, 0.5) is 5.82 Å². The van der Waals surface area contributed by atoms with Gasteiger partial charge in [-0.15, -0.1) is 0 Å². The maximum Gasteiger partial charge on any atom is 0.225 e. The van der Waals surface area contributed by atoms with Gasteiger partial charge >= 0.3 is 0 Å². The van der Waals surface area contributed by atoms with Crippen molar-refractivity contribution in [2.45, 2.75) is 18.9 Å². The van der Waals surface area contributed by atoms with E-state index in [2.05, 4.69) is 20.2 Å². The summed E-state index contributed by atoms with van der Waals surface area (Å²) in [5, 5.41) is 13.0. The number of carbonyl (C=O) groups excluding carboxylic acids is 1. The van der Waals surface area contributed by atoms with E-state index in [-0.39, 0.29) is 18.4 Å². The van der Waals surface area contributed by atoms with Gasteiger partial charge in [-0.05, 0) is 18.4 Å². The summed E-state index contributed by atoms with van der Waals surface area (Å²) in [6.07, 6.45) is 6.13. The second-order valence-corrected chi connectivity index (χ2v) is 6.02. The molecular formula is C18H22N4O2. The van der Waals surface area contributed by atoms with E-state index < -0.39 is 6.10 Å². The predicted molar refractivity (Wildman–Crippen MR) is 91.4 cm³/mol. The van der Waals surface area contributed by atoms with Crippen molar-refractivity contribution in [2.75, 3.05) is 24.5 Å². The number of hydrogen-bond donors (Lipinski definition) is 2. The lowest BCUT2D eigenvalue weighted by atomic mass is 9.97. The molecule has 6 heteroatoms. The SMILES string of the molecule is O=C(NC[C@H](O)c1ccccc1)[C@H]1CCCN(c2cnccn2)C1. The number of rotatable bonds is 5. The standard InChI is InChI=1S/C18H22N4O2/c23-16(14-5-2-1-3-6-14)11-21-18(24)15-7-4-10-22(13-15)17-12-19-8-9-20-17/h1-3,5-6,8-9,12,15-16,23H,4,7,10-11,13H2,(H,21,24)/t15-,16-/m0/s1. The number of hydrogen-bond acceptors (Lipinski definition) is 5. The minimum absolute atomic E-state index is 0.0152. The minimum Gasteiger partial charge on any atom is -0.387 e. The monoisotopic (exact) mass is 326 g/mol. The zero-order chi connectivity index (χ0) is 16.8. The van der Waals surface area contributed by atoms with E-state index in [0.29, 0.717) is 6.54 Å². The van der Waals surface area contributed by atoms with Crippen LogP contribution in [-0.4, -0.2) is 40.6 Å². The van der Waals surface area contributed by atoms with Crippen molar-refractivity contribution >= 4 is 11.7 Å². The lowest BCUT2D eigenvalue weighted by molar-refractivity contribution is -0.125. The third-order valence-corrected chi connectivity index (χ3v) is 4.32. The fraction of sp³-hybridized carbons (Fsp3) is 0.389. The average Bonchev–Trinajstić information content (AvgIpc) is 2.67. The highest BCUT2D eigenvalue weighted by molar-refractivity contribution is 5.79. The third kappa shape index (κ3) is 4.08. The average molecular weight is 326 g/mol. The maximum absolute atomic E-state index is 12.4. The topological polar surface area (TPSA) is 78.4 Å². The van der Waals surface area contributed by atoms with Gasteiger partial charge in [0.1, 0.15) is 5.82 Å². The first kappa shape index (κ1) is 16.4. The van der Waals surface area contributed by atoms with E-state index in [1.165, 1.54) is 0 Å². The molecule has 2 N–H and O–H groups in total. The Morgan fingerprint density at radius 3 is 2.92 bits per heavy atom. The molecule has 24 heavy (non-hydrogen) atoms. The van der Waals surface area contributed by atoms with E-state index in [4.69, 9.17) is 0 Å². The quantitative estimate of drug-likeness (QED) is 0.871. The normalized spacial score (nSPS) is 18.9. The van der Waals surface area contributed by atoms with E-state index in [9.17, 15) is 9.90 Å². The predicted octanol–water partition coefficient (Wildman–Crippen LogP) is 1.54. The summed E-state index contributed by atoms with van der Waals surface area (Å²) in [4.78, 5) is 22.9. The molecule has 2 atom stereocenters. The van der Waals surface area contributed by atoms with Gasteiger partial charge in [0.15, 0.2) is 0 Å². The van der Waals surface area contributed by atoms with Crippen LogP contribution >= 0.6 is 0 Å². The fourth-order valence-corrected chi connectivity index (χ4v) is 2.99. The molecule has 1 amide bonds. The molecule has 126 valence electrons. The Morgan fingerprint density at radius 2 is 2.17 bits per heavy atom. The van der Waals surface area contributed by atoms with E-state index >= 15 is 0 Å². The number of nitrogens with zero attached hydrogens (tertiary/aromatic N) is 3. The largest absolute Gasteiger partial charge is 0.387 e. The molecule has 2 aromatic rings. The number of anilines is 1. The molecule has 0 bridgehead atoms. The van der Waals surface area contributed by atoms with Gasteiger partial charge in [0.25, 0.3) is 0 Å². The van der Waals surface area contributed by atoms with E-state index in [1.54, 1.807) is 18.6 Å². The van der Waals surface area contributed by atoms with Gasteiger partial charge in [0.2, 0.25) is 5.91 Å². The molecule has 6 nitrogen and oxygen atoms in total. The number of nitrogens with one attached hydrogen (secondary N) is 1. The van der Waals surface area contributed by atoms with Crippen LogP contribution in [0, 0.1) is 5.92 Å². The summed E-state index contributed by atoms with van der Waals surface area (Å²) >= 11 is 0. The highest BCUT2D eigenvalue weighted by Gasteiger charge is 2.26. The number of aromatic nitrogens is 2. The maximum atomic E-state index is 12.4. The zero-order valence-corrected chi connectivity index (χ0v) is 13.5. The first-order chi connectivity index (χ1) is 11.7. The number of benzene rings is 1. The molecule has 1 aliphatic heterocycles. The number of aliphatic hydroxyl groups is 1. The van der Waals surface area contributed by atoms with Crippen molar-refractivity contribution in [3.8, 4) is 0 Å². The lowest BCUT2D eigenvalue weighted by Crippen LogP contribution is -2.44. The van der Waals surface area contributed by atoms with Crippen molar-refractivity contribution in [2.24, 2.45) is 5.92 Å². The van der Waals surface area contributed by atoms with Gasteiger partial charge in [-0.3, -0.25) is 9.78 Å². The second-order valence-electron chi connectivity index (χ2n) is 6.02. The number of piperidine rings is 1. The summed E-state index contributed by atoms with van der Waals surface area (Å²) in [7, 11) is 0. The summed E-state index contributed by atoms with van der Waals surface area (Å²) in [6, 6.07) is 9.36. The molecule has 0 saturated carbocycles. The molecule has 0 radical (unpaired) electrons. The summed E-state index contributed by atoms with van der Waals surface area (Å²) in [5.41, 5.74) is 0.808. The molecule has 1 saturated heterocycles. The molecule has 1 aromatic heterocycles. The van der Waals surface area contributed by atoms with Gasteiger partial charge in [-0.1, -0.05) is 30.3 Å². The van der Waals surface area contributed by atoms with Crippen LogP contribution in [0.15, 0.2) is 48.9 Å². The molecule has 0 unspecified atom stereocenters. The molecule has 2 heterocycles. The Morgan fingerprint density at radius 1 is 1.33 bits per heavy atom. The van der Waals surface area contributed by atoms with E-state index in [0.717, 1.165) is 30.8 Å². The Kier molecular flexibility index (Phi) is 5.38.